The van der Waals surface area contributed by atoms with Crippen LogP contribution >= 0.6 is 11.3 Å². The van der Waals surface area contributed by atoms with Crippen LogP contribution in [0.2, 0.25) is 0 Å². The fraction of sp³-hybridized carbons (Fsp3) is 0.304. The van der Waals surface area contributed by atoms with Crippen molar-refractivity contribution >= 4 is 22.5 Å². The molecule has 2 aromatic heterocycles. The van der Waals surface area contributed by atoms with E-state index >= 15 is 0 Å². The summed E-state index contributed by atoms with van der Waals surface area (Å²) >= 11 is 1.37. The highest BCUT2D eigenvalue weighted by molar-refractivity contribution is 7.19. The highest BCUT2D eigenvalue weighted by Gasteiger charge is 2.28. The number of hydrogen-bond donors (Lipinski definition) is 2. The van der Waals surface area contributed by atoms with Crippen molar-refractivity contribution in [3.8, 4) is 27.8 Å². The van der Waals surface area contributed by atoms with Crippen molar-refractivity contribution in [3.63, 3.8) is 0 Å². The molecule has 32 heavy (non-hydrogen) atoms. The molecule has 0 aliphatic carbocycles. The van der Waals surface area contributed by atoms with Crippen molar-refractivity contribution in [1.82, 2.24) is 14.9 Å². The number of pyridine rings is 1. The minimum Gasteiger partial charge on any atom is -0.394 e. The SMILES string of the molecule is Cc1cc(-c2sc(NC(=O)N3CCOC[C@H]3CO)nc2-c2cccc(C#N)c2)cc(C)n1. The Morgan fingerprint density at radius 1 is 1.28 bits per heavy atom. The number of carbonyl (C=O) groups is 1. The van der Waals surface area contributed by atoms with Gasteiger partial charge in [-0.1, -0.05) is 23.5 Å². The molecule has 3 heterocycles. The van der Waals surface area contributed by atoms with Crippen LogP contribution in [0.15, 0.2) is 36.4 Å². The standard InChI is InChI=1S/C23H23N5O3S/c1-14-8-18(9-15(2)25-14)21-20(17-5-3-4-16(10-17)11-24)26-22(32-21)27-23(30)28-6-7-31-13-19(28)12-29/h3-5,8-10,19,29H,6-7,12-13H2,1-2H3,(H,26,27,30)/t19-/m1/s1. The number of aromatic nitrogens is 2. The Bertz CT molecular complexity index is 1170. The van der Waals surface area contributed by atoms with Gasteiger partial charge >= 0.3 is 6.03 Å². The summed E-state index contributed by atoms with van der Waals surface area (Å²) in [6, 6.07) is 12.7. The zero-order valence-corrected chi connectivity index (χ0v) is 18.6. The van der Waals surface area contributed by atoms with E-state index in [-0.39, 0.29) is 18.7 Å². The van der Waals surface area contributed by atoms with Crippen LogP contribution < -0.4 is 5.32 Å². The minimum absolute atomic E-state index is 0.168. The largest absolute Gasteiger partial charge is 0.394 e. The third-order valence-corrected chi connectivity index (χ3v) is 6.17. The van der Waals surface area contributed by atoms with E-state index in [1.807, 2.05) is 38.1 Å². The molecule has 8 nitrogen and oxygen atoms in total. The fourth-order valence-corrected chi connectivity index (χ4v) is 4.67. The summed E-state index contributed by atoms with van der Waals surface area (Å²) in [5, 5.41) is 22.2. The van der Waals surface area contributed by atoms with E-state index in [1.165, 1.54) is 11.3 Å². The topological polar surface area (TPSA) is 111 Å². The zero-order chi connectivity index (χ0) is 22.7. The number of morpholine rings is 1. The van der Waals surface area contributed by atoms with E-state index in [1.54, 1.807) is 17.0 Å². The molecule has 0 unspecified atom stereocenters. The van der Waals surface area contributed by atoms with Gasteiger partial charge in [-0.25, -0.2) is 9.78 Å². The first-order valence-corrected chi connectivity index (χ1v) is 11.0. The molecule has 1 aliphatic heterocycles. The number of carbonyl (C=O) groups excluding carboxylic acids is 1. The second-order valence-corrected chi connectivity index (χ2v) is 8.56. The summed E-state index contributed by atoms with van der Waals surface area (Å²) in [5.41, 5.74) is 4.73. The zero-order valence-electron chi connectivity index (χ0n) is 17.8. The number of thiazole rings is 1. The molecule has 2 amide bonds. The van der Waals surface area contributed by atoms with Crippen molar-refractivity contribution < 1.29 is 14.6 Å². The maximum absolute atomic E-state index is 12.9. The summed E-state index contributed by atoms with van der Waals surface area (Å²) in [7, 11) is 0. The van der Waals surface area contributed by atoms with E-state index in [2.05, 4.69) is 16.4 Å². The molecule has 4 rings (SSSR count). The number of anilines is 1. The lowest BCUT2D eigenvalue weighted by molar-refractivity contribution is -0.00485. The van der Waals surface area contributed by atoms with Gasteiger partial charge in [-0.15, -0.1) is 0 Å². The predicted molar refractivity (Wildman–Crippen MR) is 122 cm³/mol. The first kappa shape index (κ1) is 21.9. The first-order chi connectivity index (χ1) is 15.5. The van der Waals surface area contributed by atoms with E-state index < -0.39 is 0 Å². The number of aliphatic hydroxyl groups excluding tert-OH is 1. The van der Waals surface area contributed by atoms with Crippen LogP contribution in [0.4, 0.5) is 9.93 Å². The van der Waals surface area contributed by atoms with Crippen molar-refractivity contribution in [2.75, 3.05) is 31.7 Å². The molecule has 2 N–H and O–H groups in total. The molecule has 0 saturated carbocycles. The van der Waals surface area contributed by atoms with Gasteiger partial charge in [0.1, 0.15) is 0 Å². The van der Waals surface area contributed by atoms with E-state index in [9.17, 15) is 15.2 Å². The molecular formula is C23H23N5O3S. The average molecular weight is 450 g/mol. The van der Waals surface area contributed by atoms with Gasteiger partial charge in [-0.3, -0.25) is 10.3 Å². The van der Waals surface area contributed by atoms with E-state index in [4.69, 9.17) is 9.72 Å². The second-order valence-electron chi connectivity index (χ2n) is 7.56. The molecule has 0 radical (unpaired) electrons. The molecule has 1 saturated heterocycles. The van der Waals surface area contributed by atoms with Gasteiger partial charge in [0, 0.05) is 23.5 Å². The molecule has 9 heteroatoms. The molecule has 1 aromatic carbocycles. The minimum atomic E-state index is -0.388. The van der Waals surface area contributed by atoms with Crippen molar-refractivity contribution in [1.29, 1.82) is 5.26 Å². The van der Waals surface area contributed by atoms with Gasteiger partial charge in [0.15, 0.2) is 5.13 Å². The smallest absolute Gasteiger partial charge is 0.324 e. The van der Waals surface area contributed by atoms with Crippen LogP contribution in [-0.2, 0) is 4.74 Å². The number of nitriles is 1. The Morgan fingerprint density at radius 2 is 2.06 bits per heavy atom. The summed E-state index contributed by atoms with van der Waals surface area (Å²) in [6.07, 6.45) is 0. The third-order valence-electron chi connectivity index (χ3n) is 5.15. The number of hydrogen-bond acceptors (Lipinski definition) is 7. The van der Waals surface area contributed by atoms with E-state index in [0.717, 1.165) is 27.4 Å². The quantitative estimate of drug-likeness (QED) is 0.630. The lowest BCUT2D eigenvalue weighted by Gasteiger charge is -2.34. The highest BCUT2D eigenvalue weighted by Crippen LogP contribution is 2.39. The molecule has 0 bridgehead atoms. The summed E-state index contributed by atoms with van der Waals surface area (Å²) < 4.78 is 5.36. The fourth-order valence-electron chi connectivity index (χ4n) is 3.70. The predicted octanol–water partition coefficient (Wildman–Crippen LogP) is 3.59. The Kier molecular flexibility index (Phi) is 6.46. The molecule has 1 atom stereocenters. The third kappa shape index (κ3) is 4.62. The van der Waals surface area contributed by atoms with Crippen molar-refractivity contribution in [3.05, 3.63) is 53.3 Å². The Hall–Kier alpha value is -3.32. The van der Waals surface area contributed by atoms with Crippen LogP contribution in [0.1, 0.15) is 17.0 Å². The van der Waals surface area contributed by atoms with Crippen molar-refractivity contribution in [2.24, 2.45) is 0 Å². The number of urea groups is 1. The molecule has 1 aliphatic rings. The number of benzene rings is 1. The van der Waals surface area contributed by atoms with Crippen LogP contribution in [0.3, 0.4) is 0 Å². The number of aryl methyl sites for hydroxylation is 2. The molecule has 3 aromatic rings. The van der Waals surface area contributed by atoms with Gasteiger partial charge in [-0.2, -0.15) is 5.26 Å². The summed E-state index contributed by atoms with van der Waals surface area (Å²) in [5.74, 6) is 0. The lowest BCUT2D eigenvalue weighted by Crippen LogP contribution is -2.52. The monoisotopic (exact) mass is 449 g/mol. The molecule has 1 fully saturated rings. The second kappa shape index (κ2) is 9.44. The molecule has 0 spiro atoms. The van der Waals surface area contributed by atoms with Gasteiger partial charge in [0.2, 0.25) is 0 Å². The van der Waals surface area contributed by atoms with Crippen LogP contribution in [0.5, 0.6) is 0 Å². The van der Waals surface area contributed by atoms with Gasteiger partial charge in [-0.05, 0) is 43.7 Å². The number of rotatable bonds is 4. The molecule has 164 valence electrons. The molecular weight excluding hydrogens is 426 g/mol. The van der Waals surface area contributed by atoms with E-state index in [0.29, 0.717) is 36.1 Å². The summed E-state index contributed by atoms with van der Waals surface area (Å²) in [6.45, 7) is 4.82. The van der Waals surface area contributed by atoms with Gasteiger partial charge in [0.05, 0.1) is 48.1 Å². The number of amides is 2. The van der Waals surface area contributed by atoms with Crippen LogP contribution in [0.25, 0.3) is 21.7 Å². The van der Waals surface area contributed by atoms with Crippen LogP contribution in [0, 0.1) is 25.2 Å². The maximum atomic E-state index is 12.9. The maximum Gasteiger partial charge on any atom is 0.324 e. The van der Waals surface area contributed by atoms with Gasteiger partial charge in [0.25, 0.3) is 0 Å². The number of ether oxygens (including phenoxy) is 1. The normalized spacial score (nSPS) is 15.9. The van der Waals surface area contributed by atoms with Crippen molar-refractivity contribution in [2.45, 2.75) is 19.9 Å². The summed E-state index contributed by atoms with van der Waals surface area (Å²) in [4.78, 5) is 24.5. The Labute approximate surface area is 190 Å². The Balaban J connectivity index is 1.73. The number of nitrogens with zero attached hydrogens (tertiary/aromatic N) is 4. The number of nitrogens with one attached hydrogen (secondary N) is 1. The average Bonchev–Trinajstić information content (AvgIpc) is 3.22. The van der Waals surface area contributed by atoms with Crippen LogP contribution in [-0.4, -0.2) is 58.4 Å². The van der Waals surface area contributed by atoms with Gasteiger partial charge < -0.3 is 14.7 Å². The Morgan fingerprint density at radius 3 is 2.78 bits per heavy atom. The first-order valence-electron chi connectivity index (χ1n) is 10.2. The highest BCUT2D eigenvalue weighted by atomic mass is 32.1. The number of aliphatic hydroxyl groups is 1. The lowest BCUT2D eigenvalue weighted by atomic mass is 10.0.